The van der Waals surface area contributed by atoms with Gasteiger partial charge in [0.2, 0.25) is 0 Å². The maximum absolute atomic E-state index is 4.45. The van der Waals surface area contributed by atoms with Crippen LogP contribution in [0.5, 0.6) is 0 Å². The summed E-state index contributed by atoms with van der Waals surface area (Å²) in [4.78, 5) is 7.16. The summed E-state index contributed by atoms with van der Waals surface area (Å²) < 4.78 is 0. The summed E-state index contributed by atoms with van der Waals surface area (Å²) >= 11 is 0. The highest BCUT2D eigenvalue weighted by atomic mass is 32.2. The average molecular weight is 212 g/mol. The number of para-hydroxylation sites is 1. The molecule has 73 valence electrons. The first-order chi connectivity index (χ1) is 7.45. The Morgan fingerprint density at radius 3 is 2.67 bits per heavy atom. The van der Waals surface area contributed by atoms with Gasteiger partial charge in [-0.3, -0.25) is 4.99 Å². The minimum absolute atomic E-state index is 0.368. The summed E-state index contributed by atoms with van der Waals surface area (Å²) in [5, 5.41) is 0. The number of benzene rings is 2. The molecule has 0 saturated carbocycles. The molecule has 0 N–H and O–H groups in total. The van der Waals surface area contributed by atoms with Gasteiger partial charge < -0.3 is 0 Å². The molecule has 1 aliphatic heterocycles. The first-order valence-electron chi connectivity index (χ1n) is 4.84. The summed E-state index contributed by atoms with van der Waals surface area (Å²) in [6, 6.07) is 19.6. The van der Waals surface area contributed by atoms with Gasteiger partial charge in [0.15, 0.2) is 0 Å². The van der Waals surface area contributed by atoms with Crippen molar-refractivity contribution in [3.63, 3.8) is 0 Å². The van der Waals surface area contributed by atoms with E-state index >= 15 is 0 Å². The van der Waals surface area contributed by atoms with E-state index in [1.807, 2.05) is 18.2 Å². The summed E-state index contributed by atoms with van der Waals surface area (Å²) in [5.74, 6) is 0. The van der Waals surface area contributed by atoms with E-state index in [1.165, 1.54) is 9.79 Å². The molecular weight excluding hydrogens is 202 g/mol. The molecule has 1 aliphatic rings. The van der Waals surface area contributed by atoms with Crippen molar-refractivity contribution >= 4 is 22.1 Å². The van der Waals surface area contributed by atoms with E-state index < -0.39 is 0 Å². The van der Waals surface area contributed by atoms with Gasteiger partial charge in [-0.25, -0.2) is 0 Å². The Hall–Kier alpha value is -1.54. The summed E-state index contributed by atoms with van der Waals surface area (Å²) in [5.41, 5.74) is 3.20. The molecular formula is C13H10NS. The smallest absolute Gasteiger partial charge is 0.0760 e. The van der Waals surface area contributed by atoms with Crippen LogP contribution in [0.2, 0.25) is 0 Å². The van der Waals surface area contributed by atoms with Gasteiger partial charge in [-0.05, 0) is 35.2 Å². The van der Waals surface area contributed by atoms with Gasteiger partial charge in [-0.2, -0.15) is 10.9 Å². The molecule has 0 amide bonds. The van der Waals surface area contributed by atoms with Crippen molar-refractivity contribution in [3.05, 3.63) is 54.6 Å². The van der Waals surface area contributed by atoms with Gasteiger partial charge in [-0.1, -0.05) is 24.3 Å². The first-order valence-corrected chi connectivity index (χ1v) is 6.25. The van der Waals surface area contributed by atoms with Crippen LogP contribution in [0.3, 0.4) is 0 Å². The lowest BCUT2D eigenvalue weighted by Crippen LogP contribution is -1.81. The molecule has 1 atom stereocenters. The topological polar surface area (TPSA) is 12.4 Å². The Kier molecular flexibility index (Phi) is 2.07. The molecule has 1 radical (unpaired) electrons. The average Bonchev–Trinajstić information content (AvgIpc) is 2.74. The Labute approximate surface area is 91.8 Å². The van der Waals surface area contributed by atoms with Crippen molar-refractivity contribution in [2.75, 3.05) is 0 Å². The van der Waals surface area contributed by atoms with Gasteiger partial charge in [0.1, 0.15) is 0 Å². The van der Waals surface area contributed by atoms with Gasteiger partial charge in [-0.15, -0.1) is 0 Å². The van der Waals surface area contributed by atoms with E-state index in [-0.39, 0.29) is 10.9 Å². The first kappa shape index (κ1) is 8.74. The molecule has 1 heterocycles. The molecule has 1 unspecified atom stereocenters. The van der Waals surface area contributed by atoms with E-state index in [2.05, 4.69) is 46.9 Å². The highest BCUT2D eigenvalue weighted by Crippen LogP contribution is 2.50. The number of fused-ring (bicyclic) bond motifs is 1. The van der Waals surface area contributed by atoms with Crippen LogP contribution in [-0.2, 0) is 0 Å². The number of rotatable bonds is 1. The predicted molar refractivity (Wildman–Crippen MR) is 65.4 cm³/mol. The SMILES string of the molecule is [c]1ccc([SH]2C=Nc3ccccc32)cc1. The fraction of sp³-hybridized carbons (Fsp3) is 0. The zero-order valence-corrected chi connectivity index (χ0v) is 8.99. The van der Waals surface area contributed by atoms with Crippen molar-refractivity contribution < 1.29 is 0 Å². The van der Waals surface area contributed by atoms with Crippen LogP contribution in [0.25, 0.3) is 0 Å². The van der Waals surface area contributed by atoms with Gasteiger partial charge in [0, 0.05) is 10.4 Å². The standard InChI is InChI=1S/C13H10NS/c1-2-6-11(7-3-1)15-10-14-12-8-4-5-9-13(12)15/h2-10,15H. The van der Waals surface area contributed by atoms with Gasteiger partial charge >= 0.3 is 0 Å². The van der Waals surface area contributed by atoms with E-state index in [0.717, 1.165) is 5.69 Å². The molecule has 2 aromatic rings. The van der Waals surface area contributed by atoms with Crippen LogP contribution in [0.1, 0.15) is 0 Å². The predicted octanol–water partition coefficient (Wildman–Crippen LogP) is 3.58. The third-order valence-corrected chi connectivity index (χ3v) is 4.53. The number of thiol groups is 1. The van der Waals surface area contributed by atoms with Crippen molar-refractivity contribution in [1.29, 1.82) is 0 Å². The van der Waals surface area contributed by atoms with Gasteiger partial charge in [0.05, 0.1) is 5.69 Å². The van der Waals surface area contributed by atoms with Crippen LogP contribution < -0.4 is 0 Å². The number of aliphatic imine (C=N–C) groups is 1. The van der Waals surface area contributed by atoms with Crippen molar-refractivity contribution in [2.45, 2.75) is 9.79 Å². The Balaban J connectivity index is 2.09. The second-order valence-electron chi connectivity index (χ2n) is 3.36. The summed E-state index contributed by atoms with van der Waals surface area (Å²) in [7, 11) is -0.368. The molecule has 0 saturated heterocycles. The minimum Gasteiger partial charge on any atom is -0.250 e. The third kappa shape index (κ3) is 1.47. The van der Waals surface area contributed by atoms with E-state index in [4.69, 9.17) is 0 Å². The fourth-order valence-corrected chi connectivity index (χ4v) is 3.58. The molecule has 1 nitrogen and oxygen atoms in total. The van der Waals surface area contributed by atoms with Crippen LogP contribution in [-0.4, -0.2) is 5.55 Å². The van der Waals surface area contributed by atoms with Crippen LogP contribution in [0, 0.1) is 6.07 Å². The monoisotopic (exact) mass is 212 g/mol. The lowest BCUT2D eigenvalue weighted by Gasteiger charge is -2.13. The van der Waals surface area contributed by atoms with Crippen LogP contribution in [0.4, 0.5) is 5.69 Å². The second kappa shape index (κ2) is 3.55. The van der Waals surface area contributed by atoms with Crippen LogP contribution >= 0.6 is 10.9 Å². The number of hydrogen-bond donors (Lipinski definition) is 1. The quantitative estimate of drug-likeness (QED) is 0.694. The molecule has 3 rings (SSSR count). The summed E-state index contributed by atoms with van der Waals surface area (Å²) in [6.07, 6.45) is 0. The molecule has 0 aromatic heterocycles. The largest absolute Gasteiger partial charge is 0.250 e. The van der Waals surface area contributed by atoms with E-state index in [1.54, 1.807) is 0 Å². The fourth-order valence-electron chi connectivity index (χ4n) is 1.70. The van der Waals surface area contributed by atoms with E-state index in [9.17, 15) is 0 Å². The maximum atomic E-state index is 4.45. The zero-order chi connectivity index (χ0) is 10.1. The normalized spacial score (nSPS) is 20.1. The van der Waals surface area contributed by atoms with E-state index in [0.29, 0.717) is 0 Å². The highest BCUT2D eigenvalue weighted by molar-refractivity contribution is 8.28. The van der Waals surface area contributed by atoms with Crippen molar-refractivity contribution in [2.24, 2.45) is 4.99 Å². The molecule has 0 aliphatic carbocycles. The Morgan fingerprint density at radius 2 is 1.80 bits per heavy atom. The Bertz CT molecular complexity index is 505. The maximum Gasteiger partial charge on any atom is 0.0760 e. The second-order valence-corrected chi connectivity index (χ2v) is 5.33. The molecule has 15 heavy (non-hydrogen) atoms. The molecule has 0 bridgehead atoms. The van der Waals surface area contributed by atoms with Crippen molar-refractivity contribution in [1.82, 2.24) is 0 Å². The lowest BCUT2D eigenvalue weighted by molar-refractivity contribution is 1.38. The number of nitrogens with zero attached hydrogens (tertiary/aromatic N) is 1. The lowest BCUT2D eigenvalue weighted by atomic mass is 10.3. The molecule has 0 fully saturated rings. The molecule has 2 aromatic carbocycles. The van der Waals surface area contributed by atoms with Gasteiger partial charge in [0.25, 0.3) is 0 Å². The highest BCUT2D eigenvalue weighted by Gasteiger charge is 2.15. The third-order valence-electron chi connectivity index (χ3n) is 2.43. The minimum atomic E-state index is -0.368. The number of hydrogen-bond acceptors (Lipinski definition) is 1. The molecule has 2 heteroatoms. The zero-order valence-electron chi connectivity index (χ0n) is 8.09. The summed E-state index contributed by atoms with van der Waals surface area (Å²) in [6.45, 7) is 0. The van der Waals surface area contributed by atoms with Crippen molar-refractivity contribution in [3.8, 4) is 0 Å². The molecule has 0 spiro atoms. The Morgan fingerprint density at radius 1 is 1.00 bits per heavy atom. The van der Waals surface area contributed by atoms with Crippen LogP contribution in [0.15, 0.2) is 63.3 Å².